The molecule has 2 aromatic heterocycles. The number of hydrogen-bond acceptors (Lipinski definition) is 5. The van der Waals surface area contributed by atoms with Gasteiger partial charge in [-0.25, -0.2) is 9.67 Å². The van der Waals surface area contributed by atoms with Crippen molar-refractivity contribution in [2.75, 3.05) is 13.7 Å². The number of pyridine rings is 1. The van der Waals surface area contributed by atoms with Gasteiger partial charge in [-0.1, -0.05) is 54.1 Å². The number of aromatic nitrogens is 4. The Morgan fingerprint density at radius 1 is 1.03 bits per heavy atom. The average molecular weight is 538 g/mol. The van der Waals surface area contributed by atoms with Crippen LogP contribution in [0.4, 0.5) is 0 Å². The van der Waals surface area contributed by atoms with Gasteiger partial charge in [-0.05, 0) is 59.5 Å². The van der Waals surface area contributed by atoms with E-state index >= 15 is 0 Å². The van der Waals surface area contributed by atoms with Gasteiger partial charge in [0, 0.05) is 36.1 Å². The lowest BCUT2D eigenvalue weighted by molar-refractivity contribution is -0.131. The van der Waals surface area contributed by atoms with Gasteiger partial charge in [0.1, 0.15) is 5.75 Å². The Hall–Kier alpha value is -4.23. The number of benzene rings is 3. The number of amides is 1. The summed E-state index contributed by atoms with van der Waals surface area (Å²) in [7, 11) is 1.59. The first-order chi connectivity index (χ1) is 19.1. The molecule has 1 saturated carbocycles. The van der Waals surface area contributed by atoms with Crippen molar-refractivity contribution in [3.63, 3.8) is 0 Å². The molecule has 2 heterocycles. The molecule has 196 valence electrons. The van der Waals surface area contributed by atoms with Crippen LogP contribution in [0.1, 0.15) is 18.4 Å². The molecular weight excluding hydrogens is 510 g/mol. The highest BCUT2D eigenvalue weighted by molar-refractivity contribution is 6.32. The zero-order valence-electron chi connectivity index (χ0n) is 21.6. The van der Waals surface area contributed by atoms with Crippen LogP contribution in [-0.2, 0) is 17.8 Å². The molecule has 1 amide bonds. The monoisotopic (exact) mass is 537 g/mol. The van der Waals surface area contributed by atoms with E-state index in [1.54, 1.807) is 19.5 Å². The van der Waals surface area contributed by atoms with Crippen molar-refractivity contribution < 1.29 is 9.53 Å². The highest BCUT2D eigenvalue weighted by Crippen LogP contribution is 2.32. The molecule has 0 radical (unpaired) electrons. The van der Waals surface area contributed by atoms with Crippen LogP contribution in [0.2, 0.25) is 5.02 Å². The normalized spacial score (nSPS) is 13.0. The lowest BCUT2D eigenvalue weighted by atomic mass is 10.0. The smallest absolute Gasteiger partial charge is 0.227 e. The molecule has 0 atom stereocenters. The summed E-state index contributed by atoms with van der Waals surface area (Å²) in [6.45, 7) is 1.05. The van der Waals surface area contributed by atoms with Crippen LogP contribution >= 0.6 is 11.6 Å². The predicted octanol–water partition coefficient (Wildman–Crippen LogP) is 6.06. The largest absolute Gasteiger partial charge is 0.495 e. The molecule has 0 N–H and O–H groups in total. The Bertz CT molecular complexity index is 1630. The van der Waals surface area contributed by atoms with Crippen LogP contribution in [0.3, 0.4) is 0 Å². The van der Waals surface area contributed by atoms with E-state index in [0.29, 0.717) is 41.9 Å². The Morgan fingerprint density at radius 2 is 1.82 bits per heavy atom. The molecule has 39 heavy (non-hydrogen) atoms. The van der Waals surface area contributed by atoms with Crippen molar-refractivity contribution in [2.45, 2.75) is 31.8 Å². The molecule has 1 aliphatic rings. The van der Waals surface area contributed by atoms with Crippen LogP contribution in [0.15, 0.2) is 85.2 Å². The molecule has 6 rings (SSSR count). The van der Waals surface area contributed by atoms with E-state index in [0.717, 1.165) is 40.3 Å². The van der Waals surface area contributed by atoms with Crippen LogP contribution in [0.25, 0.3) is 33.5 Å². The summed E-state index contributed by atoms with van der Waals surface area (Å²) in [5, 5.41) is 7.60. The maximum Gasteiger partial charge on any atom is 0.227 e. The molecule has 5 aromatic rings. The van der Waals surface area contributed by atoms with Crippen molar-refractivity contribution in [3.05, 3.63) is 95.8 Å². The number of methoxy groups -OCH3 is 1. The van der Waals surface area contributed by atoms with E-state index in [-0.39, 0.29) is 11.9 Å². The lowest BCUT2D eigenvalue weighted by Crippen LogP contribution is -2.37. The van der Waals surface area contributed by atoms with Crippen molar-refractivity contribution in [2.24, 2.45) is 0 Å². The van der Waals surface area contributed by atoms with Gasteiger partial charge >= 0.3 is 0 Å². The maximum atomic E-state index is 13.6. The summed E-state index contributed by atoms with van der Waals surface area (Å²) in [6.07, 6.45) is 5.88. The van der Waals surface area contributed by atoms with E-state index in [1.807, 2.05) is 58.1 Å². The minimum Gasteiger partial charge on any atom is -0.495 e. The van der Waals surface area contributed by atoms with E-state index < -0.39 is 0 Å². The lowest BCUT2D eigenvalue weighted by Gasteiger charge is -2.23. The molecular formula is C31H28ClN5O2. The van der Waals surface area contributed by atoms with E-state index in [9.17, 15) is 4.79 Å². The van der Waals surface area contributed by atoms with Gasteiger partial charge in [0.05, 0.1) is 25.1 Å². The molecule has 1 aliphatic carbocycles. The van der Waals surface area contributed by atoms with Gasteiger partial charge in [0.15, 0.2) is 11.6 Å². The van der Waals surface area contributed by atoms with Gasteiger partial charge in [0.2, 0.25) is 5.91 Å². The van der Waals surface area contributed by atoms with Crippen LogP contribution in [0.5, 0.6) is 5.75 Å². The standard InChI is InChI=1S/C31H28ClN5O2/c1-39-28-12-9-24(19-27(28)32)31-34-30(22-13-15-33-16-14-22)35-37(31)18-17-36(25-10-11-25)29(38)20-23-7-4-6-21-5-2-3-8-26(21)23/h2-9,12-16,19,25H,10-11,17-18,20H2,1H3. The van der Waals surface area contributed by atoms with Gasteiger partial charge in [0.25, 0.3) is 0 Å². The Labute approximate surface area is 232 Å². The molecule has 8 heteroatoms. The molecule has 0 spiro atoms. The summed E-state index contributed by atoms with van der Waals surface area (Å²) in [5.41, 5.74) is 2.75. The van der Waals surface area contributed by atoms with Gasteiger partial charge in [-0.2, -0.15) is 5.10 Å². The number of hydrogen-bond donors (Lipinski definition) is 0. The quantitative estimate of drug-likeness (QED) is 0.229. The minimum atomic E-state index is 0.136. The third-order valence-corrected chi connectivity index (χ3v) is 7.40. The summed E-state index contributed by atoms with van der Waals surface area (Å²) in [4.78, 5) is 24.6. The predicted molar refractivity (Wildman–Crippen MR) is 153 cm³/mol. The number of halogens is 1. The van der Waals surface area contributed by atoms with Gasteiger partial charge < -0.3 is 9.64 Å². The molecule has 0 saturated heterocycles. The summed E-state index contributed by atoms with van der Waals surface area (Å²) < 4.78 is 7.20. The van der Waals surface area contributed by atoms with Crippen molar-refractivity contribution in [1.29, 1.82) is 0 Å². The topological polar surface area (TPSA) is 73.1 Å². The summed E-state index contributed by atoms with van der Waals surface area (Å²) in [5.74, 6) is 2.01. The highest BCUT2D eigenvalue weighted by atomic mass is 35.5. The number of nitrogens with zero attached hydrogens (tertiary/aromatic N) is 5. The number of fused-ring (bicyclic) bond motifs is 1. The molecule has 1 fully saturated rings. The van der Waals surface area contributed by atoms with E-state index in [4.69, 9.17) is 26.4 Å². The average Bonchev–Trinajstić information content (AvgIpc) is 3.72. The SMILES string of the molecule is COc1ccc(-c2nc(-c3ccncc3)nn2CCN(C(=O)Cc2cccc3ccccc23)C2CC2)cc1Cl. The number of rotatable bonds is 9. The Morgan fingerprint density at radius 3 is 2.59 bits per heavy atom. The number of carbonyl (C=O) groups is 1. The second-order valence-corrected chi connectivity index (χ2v) is 10.1. The Kier molecular flexibility index (Phi) is 6.99. The molecule has 0 aliphatic heterocycles. The minimum absolute atomic E-state index is 0.136. The molecule has 3 aromatic carbocycles. The Balaban J connectivity index is 1.28. The summed E-state index contributed by atoms with van der Waals surface area (Å²) >= 11 is 6.45. The van der Waals surface area contributed by atoms with Crippen molar-refractivity contribution in [3.8, 4) is 28.5 Å². The van der Waals surface area contributed by atoms with Crippen molar-refractivity contribution >= 4 is 28.3 Å². The van der Waals surface area contributed by atoms with Gasteiger partial charge in [-0.15, -0.1) is 0 Å². The zero-order chi connectivity index (χ0) is 26.8. The van der Waals surface area contributed by atoms with E-state index in [1.165, 1.54) is 0 Å². The molecule has 0 bridgehead atoms. The first-order valence-electron chi connectivity index (χ1n) is 13.1. The highest BCUT2D eigenvalue weighted by Gasteiger charge is 2.32. The molecule has 7 nitrogen and oxygen atoms in total. The first-order valence-corrected chi connectivity index (χ1v) is 13.4. The summed E-state index contributed by atoms with van der Waals surface area (Å²) in [6, 6.07) is 24.0. The fourth-order valence-corrected chi connectivity index (χ4v) is 5.21. The first kappa shape index (κ1) is 25.1. The number of ether oxygens (including phenoxy) is 1. The third-order valence-electron chi connectivity index (χ3n) is 7.10. The van der Waals surface area contributed by atoms with Crippen molar-refractivity contribution in [1.82, 2.24) is 24.6 Å². The third kappa shape index (κ3) is 5.36. The van der Waals surface area contributed by atoms with Crippen LogP contribution in [-0.4, -0.2) is 50.3 Å². The van der Waals surface area contributed by atoms with E-state index in [2.05, 4.69) is 29.2 Å². The fraction of sp³-hybridized carbons (Fsp3) is 0.226. The second-order valence-electron chi connectivity index (χ2n) is 9.70. The van der Waals surface area contributed by atoms with Crippen LogP contribution in [0, 0.1) is 0 Å². The number of carbonyl (C=O) groups excluding carboxylic acids is 1. The maximum absolute atomic E-state index is 13.6. The van der Waals surface area contributed by atoms with Gasteiger partial charge in [-0.3, -0.25) is 9.78 Å². The van der Waals surface area contributed by atoms with Crippen LogP contribution < -0.4 is 4.74 Å². The molecule has 0 unspecified atom stereocenters. The second kappa shape index (κ2) is 10.9. The zero-order valence-corrected chi connectivity index (χ0v) is 22.4. The fourth-order valence-electron chi connectivity index (χ4n) is 4.95.